The summed E-state index contributed by atoms with van der Waals surface area (Å²) in [4.78, 5) is 130. The number of alkyl carbamates (subject to hydrolysis) is 2. The van der Waals surface area contributed by atoms with E-state index >= 15 is 0 Å². The first kappa shape index (κ1) is 87.1. The molecule has 7 amide bonds. The van der Waals surface area contributed by atoms with E-state index in [4.69, 9.17) is 45.4 Å². The molecule has 4 saturated carbocycles. The second kappa shape index (κ2) is 35.4. The van der Waals surface area contributed by atoms with Gasteiger partial charge >= 0.3 is 18.2 Å². The van der Waals surface area contributed by atoms with Crippen LogP contribution in [-0.2, 0) is 58.3 Å². The van der Waals surface area contributed by atoms with E-state index in [1.807, 2.05) is 102 Å². The minimum atomic E-state index is -4.14. The van der Waals surface area contributed by atoms with Gasteiger partial charge in [-0.25, -0.2) is 73.9 Å². The number of cyclic esters (lactones) is 2. The molecule has 4 aromatic carbocycles. The first-order chi connectivity index (χ1) is 53.4. The smallest absolute Gasteiger partial charge is 0.407 e. The molecule has 6 aromatic rings. The number of nitrogens with zero attached hydrogens (tertiary/aromatic N) is 6. The standard InChI is InChI=1S/C38H42F2N6O8S.C35H37F2N5O7.C3H7NO2S.CH4.BH.U/c1-37(2,3)30-34(48)46-20-23(18-28(46)32(47)44-38(19-25(38)31(39)40)35(49)45-55(51,52)24-14-15-24)54-33-29(41-26-12-4-5-13-27(26)42-33)22-11-8-10-21(17-22)9-6-7-16-53-36(50)43-30;1-34(2,3)27-31(44)42-18-21(16-25(42)29(43)41-35(32(45)46)17-22(35)28(36)37)49-30-26(38-23-12-4-5-13-24(23)39-30)20-11-8-10-19(15-20)9-6-7-14-48-33(47)40-27;4-7(5,6)3-1-2-3;;;/h4-6,8-13,17,23-25,28,30-31H,7,14-16,18-20H2,1-3H3,(H,43,50)(H,44,47)(H,45,49);4-6,8-13,15,21-22,25,27-28H,7,14,16-18H2,1-3H3,(H,40,47)(H,41,43)(H,45,46);3H,1-2H2,(H2,4,5,6);1H4;1H;/b2*9-6+;;;;/t23-,25+,28+,30-,38-;21-,22+,25+,27-,35-;;;;/m11..../s1/i;;;;1D;. The zero-order chi connectivity index (χ0) is 81.9. The monoisotopic (exact) mass is 1850 g/mol. The number of rotatable bonds is 11. The average molecular weight is 1850 g/mol. The molecule has 8 aliphatic rings. The number of carboxylic acid groups (broad SMARTS) is 1. The largest absolute Gasteiger partial charge is 0.479 e. The van der Waals surface area contributed by atoms with E-state index < -0.39 is 169 Å². The van der Waals surface area contributed by atoms with Crippen molar-refractivity contribution >= 4 is 110 Å². The Hall–Kier alpha value is -9.30. The summed E-state index contributed by atoms with van der Waals surface area (Å²) in [7, 11) is -3.52. The summed E-state index contributed by atoms with van der Waals surface area (Å²) in [5.41, 5.74) is -0.0229. The number of hydrogen-bond donors (Lipinski definition) is 7. The van der Waals surface area contributed by atoms with Crippen LogP contribution in [0.5, 0.6) is 11.8 Å². The van der Waals surface area contributed by atoms with E-state index in [1.54, 1.807) is 65.8 Å². The molecule has 2 saturated heterocycles. The molecule has 8 N–H and O–H groups in total. The van der Waals surface area contributed by atoms with E-state index in [2.05, 4.69) is 29.6 Å². The summed E-state index contributed by atoms with van der Waals surface area (Å²) in [5.74, 6) is -9.05. The molecule has 2 radical (unpaired) electrons. The maximum atomic E-state index is 14.5. The number of ether oxygens (including phenoxy) is 4. The number of sulfonamides is 2. The van der Waals surface area contributed by atoms with E-state index in [1.165, 1.54) is 9.80 Å². The number of carbonyl (C=O) groups excluding carboxylic acids is 7. The third-order valence-corrected chi connectivity index (χ3v) is 23.6. The SMILES string of the molecule is C.CC(C)(C)[C@@H]1NC(=O)OCC/C=C/c2cccc(c2)-c2nc3ccccc3nc2O[C@@H]2C[C@@H](C(=O)N[C@]3(C(=O)NS(=O)(=O)C4CC4)C[C@H]3C(F)F)N(C2)C1=O.CC(C)(C)[C@@H]1NC(=O)OCC/C=C/c2cccc(c2)-c2nc3ccccc3nc2O[C@@H]2C[C@@H](C(=O)N[C@]3(C(=O)O)C[C@H]3C(F)F)N(C2)C1=O.NS(=O)(=O)C1CC1.[2H][B].[U]. The number of benzene rings is 4. The van der Waals surface area contributed by atoms with Crippen LogP contribution in [0.15, 0.2) is 109 Å². The van der Waals surface area contributed by atoms with Crippen molar-refractivity contribution in [2.45, 2.75) is 184 Å². The van der Waals surface area contributed by atoms with Gasteiger partial charge in [0.1, 0.15) is 58.8 Å². The van der Waals surface area contributed by atoms with Gasteiger partial charge in [0.2, 0.25) is 68.3 Å². The second-order valence-electron chi connectivity index (χ2n) is 31.0. The number of hydrogen-bond acceptors (Lipinski definition) is 20. The van der Waals surface area contributed by atoms with E-state index in [9.17, 15) is 77.9 Å². The second-order valence-corrected chi connectivity index (χ2v) is 34.8. The average Bonchev–Trinajstić information content (AvgIpc) is 1.57. The van der Waals surface area contributed by atoms with Crippen LogP contribution in [0.2, 0.25) is 0 Å². The first-order valence-electron chi connectivity index (χ1n) is 36.9. The van der Waals surface area contributed by atoms with Crippen molar-refractivity contribution in [1.29, 1.82) is 1.34 Å². The van der Waals surface area contributed by atoms with Crippen molar-refractivity contribution in [3.05, 3.63) is 120 Å². The fraction of sp³-hybridized carbons (Fsp3) is 0.481. The maximum Gasteiger partial charge on any atom is 0.407 e. The number of nitrogens with two attached hydrogens (primary N) is 1. The van der Waals surface area contributed by atoms with Crippen LogP contribution < -0.4 is 40.6 Å². The minimum Gasteiger partial charge on any atom is -0.479 e. The summed E-state index contributed by atoms with van der Waals surface area (Å²) in [6.07, 6.45) is -0.374. The molecule has 114 heavy (non-hydrogen) atoms. The normalized spacial score (nSPS) is 25.6. The number of carbonyl (C=O) groups is 8. The quantitative estimate of drug-likeness (QED) is 0.0480. The maximum absolute atomic E-state index is 14.5. The first-order valence-corrected chi connectivity index (χ1v) is 39.5. The fourth-order valence-corrected chi connectivity index (χ4v) is 15.9. The van der Waals surface area contributed by atoms with Gasteiger partial charge in [-0.2, -0.15) is 0 Å². The summed E-state index contributed by atoms with van der Waals surface area (Å²) in [6, 6.07) is 24.3. The van der Waals surface area contributed by atoms with Crippen molar-refractivity contribution in [2.75, 3.05) is 26.3 Å². The van der Waals surface area contributed by atoms with Gasteiger partial charge in [-0.3, -0.25) is 28.7 Å². The van der Waals surface area contributed by atoms with Crippen molar-refractivity contribution in [3.8, 4) is 34.3 Å². The summed E-state index contributed by atoms with van der Waals surface area (Å²) >= 11 is 0. The molecule has 29 nitrogen and oxygen atoms in total. The molecule has 4 aliphatic heterocycles. The number of carboxylic acids is 1. The molecule has 0 spiro atoms. The van der Waals surface area contributed by atoms with Gasteiger partial charge < -0.3 is 55.1 Å². The predicted octanol–water partition coefficient (Wildman–Crippen LogP) is 7.80. The van der Waals surface area contributed by atoms with Gasteiger partial charge in [0.05, 0.1) is 70.7 Å². The fourth-order valence-electron chi connectivity index (χ4n) is 13.8. The number of primary sulfonamides is 1. The number of nitrogens with one attached hydrogen (secondary N) is 5. The number of fused-ring (bicyclic) bond motifs is 14. The molecule has 2 aromatic heterocycles. The van der Waals surface area contributed by atoms with Gasteiger partial charge in [0, 0.05) is 63.5 Å². The van der Waals surface area contributed by atoms with Gasteiger partial charge in [-0.05, 0) is 111 Å². The molecule has 14 rings (SSSR count). The van der Waals surface area contributed by atoms with Crippen LogP contribution in [0.4, 0.5) is 27.2 Å². The number of alkyl halides is 4. The van der Waals surface area contributed by atoms with Crippen LogP contribution in [0, 0.1) is 53.8 Å². The molecule has 6 fully saturated rings. The predicted molar refractivity (Wildman–Crippen MR) is 409 cm³/mol. The van der Waals surface area contributed by atoms with Crippen molar-refractivity contribution in [2.24, 2.45) is 27.8 Å². The zero-order valence-electron chi connectivity index (χ0n) is 63.5. The van der Waals surface area contributed by atoms with Gasteiger partial charge in [0.25, 0.3) is 5.91 Å². The Labute approximate surface area is 683 Å². The molecular formula is C77H91BF4N12O17S2U. The summed E-state index contributed by atoms with van der Waals surface area (Å²) < 4.78 is 132. The Morgan fingerprint density at radius 2 is 0.991 bits per heavy atom. The Morgan fingerprint density at radius 1 is 0.605 bits per heavy atom. The van der Waals surface area contributed by atoms with Crippen LogP contribution in [0.1, 0.15) is 124 Å². The molecular weight excluding hydrogens is 1750 g/mol. The number of amides is 7. The van der Waals surface area contributed by atoms with Crippen LogP contribution in [0.3, 0.4) is 0 Å². The third-order valence-electron chi connectivity index (χ3n) is 20.4. The Morgan fingerprint density at radius 3 is 1.34 bits per heavy atom. The Bertz CT molecular complexity index is 4970. The summed E-state index contributed by atoms with van der Waals surface area (Å²) in [6.45, 7) is 9.99. The number of aromatic nitrogens is 4. The number of aliphatic carboxylic acids is 1. The van der Waals surface area contributed by atoms with Crippen molar-refractivity contribution in [3.63, 3.8) is 0 Å². The van der Waals surface area contributed by atoms with Gasteiger partial charge in [-0.15, -0.1) is 0 Å². The van der Waals surface area contributed by atoms with Gasteiger partial charge in [-0.1, -0.05) is 134 Å². The minimum absolute atomic E-state index is 0. The number of halogens is 4. The molecule has 37 heteroatoms. The molecule has 608 valence electrons. The summed E-state index contributed by atoms with van der Waals surface area (Å²) in [5, 5.41) is 23.5. The van der Waals surface area contributed by atoms with Crippen molar-refractivity contribution in [1.82, 2.24) is 55.7 Å². The van der Waals surface area contributed by atoms with Crippen LogP contribution in [-0.4, -0.2) is 206 Å². The van der Waals surface area contributed by atoms with Crippen LogP contribution >= 0.6 is 0 Å². The van der Waals surface area contributed by atoms with E-state index in [0.717, 1.165) is 24.0 Å². The van der Waals surface area contributed by atoms with Gasteiger partial charge in [0.15, 0.2) is 0 Å². The molecule has 6 heterocycles. The molecule has 4 aliphatic carbocycles. The van der Waals surface area contributed by atoms with Crippen molar-refractivity contribution < 1.29 is 128 Å². The Kier molecular flexibility index (Phi) is 27.1. The Balaban J connectivity index is 0.000000235. The topological polar surface area (TPSA) is 406 Å². The van der Waals surface area contributed by atoms with Crippen LogP contribution in [0.25, 0.3) is 56.7 Å². The van der Waals surface area contributed by atoms with E-state index in [-0.39, 0.29) is 94.7 Å². The number of para-hydroxylation sites is 4. The zero-order valence-corrected chi connectivity index (χ0v) is 68.3. The molecule has 0 unspecified atom stereocenters. The third kappa shape index (κ3) is 20.5. The van der Waals surface area contributed by atoms with E-state index in [0.29, 0.717) is 70.3 Å². The molecule has 8 bridgehead atoms. The molecule has 10 atom stereocenters.